The Bertz CT molecular complexity index is 1480. The molecule has 0 saturated heterocycles. The summed E-state index contributed by atoms with van der Waals surface area (Å²) in [6.45, 7) is 2.18. The van der Waals surface area contributed by atoms with Gasteiger partial charge in [0.15, 0.2) is 0 Å². The minimum absolute atomic E-state index is 0.155. The molecular weight excluding hydrogens is 494 g/mol. The number of benzene rings is 3. The van der Waals surface area contributed by atoms with Gasteiger partial charge in [-0.15, -0.1) is 0 Å². The summed E-state index contributed by atoms with van der Waals surface area (Å²) < 4.78 is 7.52. The van der Waals surface area contributed by atoms with Crippen molar-refractivity contribution in [2.24, 2.45) is 7.05 Å². The SMILES string of the molecule is COc1ccccc1CNC(=O)C1c2c(n(C)c3ccccc23)SCC(=O)N1c1ccc(C)c(Cl)c1. The molecule has 6 nitrogen and oxygen atoms in total. The van der Waals surface area contributed by atoms with Crippen molar-refractivity contribution in [3.05, 3.63) is 88.4 Å². The lowest BCUT2D eigenvalue weighted by Gasteiger charge is -2.30. The van der Waals surface area contributed by atoms with Gasteiger partial charge in [0.25, 0.3) is 0 Å². The number of hydrogen-bond acceptors (Lipinski definition) is 4. The number of halogens is 1. The van der Waals surface area contributed by atoms with E-state index in [4.69, 9.17) is 16.3 Å². The molecule has 4 aromatic rings. The number of nitrogens with one attached hydrogen (secondary N) is 1. The number of hydrogen-bond donors (Lipinski definition) is 1. The Morgan fingerprint density at radius 1 is 1.14 bits per heavy atom. The van der Waals surface area contributed by atoms with Gasteiger partial charge in [-0.2, -0.15) is 0 Å². The summed E-state index contributed by atoms with van der Waals surface area (Å²) in [7, 11) is 3.58. The highest BCUT2D eigenvalue weighted by molar-refractivity contribution is 8.00. The molecule has 0 bridgehead atoms. The average molecular weight is 520 g/mol. The highest BCUT2D eigenvalue weighted by Gasteiger charge is 2.39. The van der Waals surface area contributed by atoms with Gasteiger partial charge in [-0.3, -0.25) is 14.5 Å². The van der Waals surface area contributed by atoms with Gasteiger partial charge in [0.05, 0.1) is 17.9 Å². The lowest BCUT2D eigenvalue weighted by Crippen LogP contribution is -2.43. The molecule has 1 aliphatic rings. The maximum absolute atomic E-state index is 14.0. The number of thioether (sulfide) groups is 1. The highest BCUT2D eigenvalue weighted by Crippen LogP contribution is 2.43. The fourth-order valence-electron chi connectivity index (χ4n) is 4.71. The highest BCUT2D eigenvalue weighted by atomic mass is 35.5. The van der Waals surface area contributed by atoms with Gasteiger partial charge in [0, 0.05) is 46.3 Å². The summed E-state index contributed by atoms with van der Waals surface area (Å²) in [4.78, 5) is 29.2. The summed E-state index contributed by atoms with van der Waals surface area (Å²) in [6.07, 6.45) is 0. The van der Waals surface area contributed by atoms with E-state index < -0.39 is 6.04 Å². The quantitative estimate of drug-likeness (QED) is 0.370. The summed E-state index contributed by atoms with van der Waals surface area (Å²) in [6, 6.07) is 20.1. The van der Waals surface area contributed by atoms with Crippen molar-refractivity contribution in [1.29, 1.82) is 0 Å². The first kappa shape index (κ1) is 24.3. The number of fused-ring (bicyclic) bond motifs is 3. The van der Waals surface area contributed by atoms with E-state index in [-0.39, 0.29) is 24.1 Å². The molecule has 184 valence electrons. The molecule has 8 heteroatoms. The fourth-order valence-corrected chi connectivity index (χ4v) is 5.95. The molecule has 0 spiro atoms. The summed E-state index contributed by atoms with van der Waals surface area (Å²) in [5.41, 5.74) is 4.17. The van der Waals surface area contributed by atoms with E-state index in [1.54, 1.807) is 18.1 Å². The number of nitrogens with zero attached hydrogens (tertiary/aromatic N) is 2. The van der Waals surface area contributed by atoms with Crippen molar-refractivity contribution in [2.75, 3.05) is 17.8 Å². The number of rotatable bonds is 5. The van der Waals surface area contributed by atoms with Gasteiger partial charge < -0.3 is 14.6 Å². The number of aryl methyl sites for hydroxylation is 2. The van der Waals surface area contributed by atoms with Crippen LogP contribution in [-0.2, 0) is 23.2 Å². The first-order valence-corrected chi connectivity index (χ1v) is 12.9. The summed E-state index contributed by atoms with van der Waals surface area (Å²) in [5, 5.41) is 5.46. The van der Waals surface area contributed by atoms with Crippen LogP contribution in [0.3, 0.4) is 0 Å². The molecule has 1 aliphatic heterocycles. The Morgan fingerprint density at radius 2 is 1.89 bits per heavy atom. The molecule has 5 rings (SSSR count). The van der Waals surface area contributed by atoms with Crippen molar-refractivity contribution in [1.82, 2.24) is 9.88 Å². The number of amides is 2. The molecule has 2 amide bonds. The molecule has 1 atom stereocenters. The van der Waals surface area contributed by atoms with Crippen LogP contribution in [0.2, 0.25) is 5.02 Å². The van der Waals surface area contributed by atoms with Crippen LogP contribution in [0.4, 0.5) is 5.69 Å². The number of aromatic nitrogens is 1. The van der Waals surface area contributed by atoms with Crippen molar-refractivity contribution in [3.63, 3.8) is 0 Å². The monoisotopic (exact) mass is 519 g/mol. The zero-order valence-electron chi connectivity index (χ0n) is 20.2. The standard InChI is InChI=1S/C28H26ClN3O3S/c1-17-12-13-19(14-21(17)29)32-24(33)16-36-28-25(20-9-5-6-10-22(20)31(28)2)26(32)27(34)30-15-18-8-4-7-11-23(18)35-3/h4-14,26H,15-16H2,1-3H3,(H,30,34). The van der Waals surface area contributed by atoms with Crippen LogP contribution in [0, 0.1) is 6.92 Å². The third-order valence-electron chi connectivity index (χ3n) is 6.55. The lowest BCUT2D eigenvalue weighted by atomic mass is 10.0. The molecular formula is C28H26ClN3O3S. The van der Waals surface area contributed by atoms with Gasteiger partial charge in [-0.25, -0.2) is 0 Å². The molecule has 1 unspecified atom stereocenters. The zero-order chi connectivity index (χ0) is 25.4. The van der Waals surface area contributed by atoms with Crippen molar-refractivity contribution >= 4 is 51.8 Å². The van der Waals surface area contributed by atoms with Crippen LogP contribution in [0.15, 0.2) is 71.8 Å². The Balaban J connectivity index is 1.65. The van der Waals surface area contributed by atoms with Crippen LogP contribution >= 0.6 is 23.4 Å². The van der Waals surface area contributed by atoms with Gasteiger partial charge in [0.2, 0.25) is 11.8 Å². The van der Waals surface area contributed by atoms with Gasteiger partial charge in [-0.05, 0) is 36.8 Å². The number of para-hydroxylation sites is 2. The van der Waals surface area contributed by atoms with E-state index in [0.29, 0.717) is 16.5 Å². The smallest absolute Gasteiger partial charge is 0.248 e. The van der Waals surface area contributed by atoms with Crippen LogP contribution < -0.4 is 15.0 Å². The summed E-state index contributed by atoms with van der Waals surface area (Å²) >= 11 is 7.92. The molecule has 0 saturated carbocycles. The Kier molecular flexibility index (Phi) is 6.69. The summed E-state index contributed by atoms with van der Waals surface area (Å²) in [5.74, 6) is 0.473. The van der Waals surface area contributed by atoms with Gasteiger partial charge in [0.1, 0.15) is 11.8 Å². The topological polar surface area (TPSA) is 63.6 Å². The number of carbonyl (C=O) groups excluding carboxylic acids is 2. The number of methoxy groups -OCH3 is 1. The Hall–Kier alpha value is -3.42. The Morgan fingerprint density at radius 3 is 2.67 bits per heavy atom. The third kappa shape index (κ3) is 4.22. The zero-order valence-corrected chi connectivity index (χ0v) is 21.8. The predicted molar refractivity (Wildman–Crippen MR) is 145 cm³/mol. The van der Waals surface area contributed by atoms with E-state index >= 15 is 0 Å². The minimum Gasteiger partial charge on any atom is -0.496 e. The maximum atomic E-state index is 14.0. The number of carbonyl (C=O) groups is 2. The molecule has 36 heavy (non-hydrogen) atoms. The minimum atomic E-state index is -0.873. The van der Waals surface area contributed by atoms with E-state index in [1.165, 1.54) is 11.8 Å². The van der Waals surface area contributed by atoms with Crippen LogP contribution in [-0.4, -0.2) is 29.2 Å². The largest absolute Gasteiger partial charge is 0.496 e. The van der Waals surface area contributed by atoms with Crippen LogP contribution in [0.5, 0.6) is 5.75 Å². The second kappa shape index (κ2) is 9.91. The van der Waals surface area contributed by atoms with E-state index in [1.807, 2.05) is 74.6 Å². The van der Waals surface area contributed by atoms with Gasteiger partial charge >= 0.3 is 0 Å². The van der Waals surface area contributed by atoms with Crippen LogP contribution in [0.1, 0.15) is 22.7 Å². The first-order valence-electron chi connectivity index (χ1n) is 11.6. The molecule has 2 heterocycles. The maximum Gasteiger partial charge on any atom is 0.248 e. The Labute approximate surface area is 219 Å². The van der Waals surface area contributed by atoms with E-state index in [2.05, 4.69) is 9.88 Å². The molecule has 1 aromatic heterocycles. The van der Waals surface area contributed by atoms with Gasteiger partial charge in [-0.1, -0.05) is 65.8 Å². The normalized spacial score (nSPS) is 15.5. The van der Waals surface area contributed by atoms with Crippen molar-refractivity contribution in [2.45, 2.75) is 24.5 Å². The molecule has 0 aliphatic carbocycles. The average Bonchev–Trinajstić information content (AvgIpc) is 3.06. The van der Waals surface area contributed by atoms with E-state index in [9.17, 15) is 9.59 Å². The van der Waals surface area contributed by atoms with Crippen molar-refractivity contribution in [3.8, 4) is 5.75 Å². The fraction of sp³-hybridized carbons (Fsp3) is 0.214. The lowest BCUT2D eigenvalue weighted by molar-refractivity contribution is -0.125. The first-order chi connectivity index (χ1) is 17.4. The predicted octanol–water partition coefficient (Wildman–Crippen LogP) is 5.65. The second-order valence-electron chi connectivity index (χ2n) is 8.71. The second-order valence-corrected chi connectivity index (χ2v) is 10.1. The van der Waals surface area contributed by atoms with E-state index in [0.717, 1.165) is 32.6 Å². The van der Waals surface area contributed by atoms with Crippen molar-refractivity contribution < 1.29 is 14.3 Å². The van der Waals surface area contributed by atoms with Crippen LogP contribution in [0.25, 0.3) is 10.9 Å². The molecule has 0 fully saturated rings. The third-order valence-corrected chi connectivity index (χ3v) is 8.12. The number of anilines is 1. The molecule has 3 aromatic carbocycles. The number of ether oxygens (including phenoxy) is 1. The molecule has 1 N–H and O–H groups in total. The molecule has 0 radical (unpaired) electrons.